The number of phenolic OH excluding ortho intramolecular Hbond substituents is 4. The van der Waals surface area contributed by atoms with Crippen molar-refractivity contribution in [2.75, 3.05) is 0 Å². The zero-order valence-electron chi connectivity index (χ0n) is 17.9. The summed E-state index contributed by atoms with van der Waals surface area (Å²) >= 11 is 0. The number of esters is 1. The first-order valence-electron chi connectivity index (χ1n) is 10.9. The normalized spacial score (nSPS) is 14.9. The first kappa shape index (κ1) is 19.5. The van der Waals surface area contributed by atoms with Crippen LogP contribution < -0.4 is 4.74 Å². The van der Waals surface area contributed by atoms with Crippen molar-refractivity contribution in [1.82, 2.24) is 0 Å². The molecular formula is C28H16O7. The maximum atomic E-state index is 13.1. The van der Waals surface area contributed by atoms with E-state index in [0.717, 1.165) is 0 Å². The van der Waals surface area contributed by atoms with Gasteiger partial charge in [-0.05, 0) is 42.5 Å². The number of ether oxygens (including phenoxy) is 2. The molecule has 35 heavy (non-hydrogen) atoms. The summed E-state index contributed by atoms with van der Waals surface area (Å²) in [5.41, 5.74) is 0.669. The molecule has 2 heterocycles. The van der Waals surface area contributed by atoms with Crippen molar-refractivity contribution in [3.63, 3.8) is 0 Å². The number of aromatic hydroxyl groups is 4. The summed E-state index contributed by atoms with van der Waals surface area (Å²) in [4.78, 5) is 13.1. The van der Waals surface area contributed by atoms with Gasteiger partial charge in [0.2, 0.25) is 0 Å². The van der Waals surface area contributed by atoms with Crippen molar-refractivity contribution < 1.29 is 34.7 Å². The Morgan fingerprint density at radius 1 is 0.600 bits per heavy atom. The fraction of sp³-hybridized carbons (Fsp3) is 0.0357. The molecule has 0 bridgehead atoms. The highest BCUT2D eigenvalue weighted by atomic mass is 16.6. The van der Waals surface area contributed by atoms with Crippen molar-refractivity contribution in [2.24, 2.45) is 0 Å². The van der Waals surface area contributed by atoms with E-state index in [1.807, 2.05) is 12.1 Å². The minimum absolute atomic E-state index is 0.136. The van der Waals surface area contributed by atoms with Crippen molar-refractivity contribution >= 4 is 27.5 Å². The molecule has 2 aliphatic heterocycles. The van der Waals surface area contributed by atoms with Gasteiger partial charge in [-0.2, -0.15) is 0 Å². The van der Waals surface area contributed by atoms with E-state index in [4.69, 9.17) is 9.47 Å². The fourth-order valence-corrected chi connectivity index (χ4v) is 5.39. The summed E-state index contributed by atoms with van der Waals surface area (Å²) in [7, 11) is 0. The van der Waals surface area contributed by atoms with Crippen molar-refractivity contribution in [3.05, 3.63) is 95.1 Å². The first-order chi connectivity index (χ1) is 16.9. The van der Waals surface area contributed by atoms with Crippen molar-refractivity contribution in [2.45, 2.75) is 5.60 Å². The Bertz CT molecular complexity index is 1670. The highest BCUT2D eigenvalue weighted by molar-refractivity contribution is 6.03. The summed E-state index contributed by atoms with van der Waals surface area (Å²) < 4.78 is 12.6. The second kappa shape index (κ2) is 6.36. The molecule has 4 N–H and O–H groups in total. The van der Waals surface area contributed by atoms with E-state index in [1.54, 1.807) is 36.4 Å². The summed E-state index contributed by atoms with van der Waals surface area (Å²) in [5, 5.41) is 43.1. The van der Waals surface area contributed by atoms with Gasteiger partial charge in [-0.3, -0.25) is 0 Å². The topological polar surface area (TPSA) is 116 Å². The predicted octanol–water partition coefficient (Wildman–Crippen LogP) is 5.38. The van der Waals surface area contributed by atoms with Crippen LogP contribution >= 0.6 is 0 Å². The molecule has 7 nitrogen and oxygen atoms in total. The Labute approximate surface area is 197 Å². The molecule has 5 aromatic rings. The summed E-state index contributed by atoms with van der Waals surface area (Å²) in [6.45, 7) is 0. The molecule has 5 aromatic carbocycles. The lowest BCUT2D eigenvalue weighted by molar-refractivity contribution is 0.0226. The maximum Gasteiger partial charge on any atom is 0.340 e. The van der Waals surface area contributed by atoms with Gasteiger partial charge < -0.3 is 29.9 Å². The maximum absolute atomic E-state index is 13.1. The summed E-state index contributed by atoms with van der Waals surface area (Å²) in [6.07, 6.45) is 0. The van der Waals surface area contributed by atoms with Crippen LogP contribution in [0.3, 0.4) is 0 Å². The first-order valence-corrected chi connectivity index (χ1v) is 10.9. The zero-order chi connectivity index (χ0) is 24.1. The Morgan fingerprint density at radius 3 is 1.71 bits per heavy atom. The highest BCUT2D eigenvalue weighted by Gasteiger charge is 2.54. The van der Waals surface area contributed by atoms with E-state index in [9.17, 15) is 25.2 Å². The number of carbonyl (C=O) groups excluding carboxylic acids is 1. The van der Waals surface area contributed by atoms with Crippen LogP contribution in [0.25, 0.3) is 21.5 Å². The van der Waals surface area contributed by atoms with Gasteiger partial charge in [0.25, 0.3) is 0 Å². The largest absolute Gasteiger partial charge is 0.508 e. The van der Waals surface area contributed by atoms with Crippen LogP contribution in [0.4, 0.5) is 0 Å². The summed E-state index contributed by atoms with van der Waals surface area (Å²) in [6, 6.07) is 19.3. The van der Waals surface area contributed by atoms with Crippen LogP contribution in [-0.4, -0.2) is 26.4 Å². The van der Waals surface area contributed by atoms with Gasteiger partial charge in [-0.25, -0.2) is 4.79 Å². The number of fused-ring (bicyclic) bond motifs is 10. The smallest absolute Gasteiger partial charge is 0.340 e. The molecule has 0 saturated heterocycles. The minimum atomic E-state index is -1.39. The van der Waals surface area contributed by atoms with E-state index in [2.05, 4.69) is 0 Å². The predicted molar refractivity (Wildman–Crippen MR) is 126 cm³/mol. The molecule has 170 valence electrons. The van der Waals surface area contributed by atoms with E-state index in [1.165, 1.54) is 24.3 Å². The van der Waals surface area contributed by atoms with Crippen LogP contribution in [-0.2, 0) is 10.3 Å². The lowest BCUT2D eigenvalue weighted by atomic mass is 9.76. The monoisotopic (exact) mass is 464 g/mol. The van der Waals surface area contributed by atoms with Crippen LogP contribution in [0.5, 0.6) is 34.5 Å². The van der Waals surface area contributed by atoms with Gasteiger partial charge >= 0.3 is 5.97 Å². The number of carbonyl (C=O) groups is 1. The third-order valence-corrected chi connectivity index (χ3v) is 6.83. The molecule has 0 aromatic heterocycles. The average Bonchev–Trinajstić information content (AvgIpc) is 3.12. The lowest BCUT2D eigenvalue weighted by Crippen LogP contribution is -2.33. The van der Waals surface area contributed by atoms with E-state index < -0.39 is 11.6 Å². The molecule has 0 amide bonds. The second-order valence-electron chi connectivity index (χ2n) is 8.72. The van der Waals surface area contributed by atoms with Gasteiger partial charge in [0, 0.05) is 50.4 Å². The number of phenols is 4. The standard InChI is InChI=1S/C28H16O7/c29-13-9-18-15(23(31)11-13)5-7-21-25(18)34-26-19-10-14(30)12-24(32)16(19)6-8-22(26)28(21)20-4-2-1-3-17(20)27(33)35-28/h1-12,29-32H. The van der Waals surface area contributed by atoms with Gasteiger partial charge in [0.05, 0.1) is 5.56 Å². The molecule has 2 aliphatic rings. The zero-order valence-corrected chi connectivity index (χ0v) is 17.9. The van der Waals surface area contributed by atoms with Crippen LogP contribution in [0, 0.1) is 0 Å². The Hall–Kier alpha value is -4.91. The molecule has 7 heteroatoms. The number of benzene rings is 5. The van der Waals surface area contributed by atoms with Gasteiger partial charge in [0.1, 0.15) is 34.5 Å². The van der Waals surface area contributed by atoms with Gasteiger partial charge in [0.15, 0.2) is 5.60 Å². The van der Waals surface area contributed by atoms with Crippen LogP contribution in [0.2, 0.25) is 0 Å². The molecular weight excluding hydrogens is 448 g/mol. The fourth-order valence-electron chi connectivity index (χ4n) is 5.39. The number of rotatable bonds is 0. The summed E-state index contributed by atoms with van der Waals surface area (Å²) in [5.74, 6) is -0.543. The molecule has 0 saturated carbocycles. The molecule has 7 rings (SSSR count). The van der Waals surface area contributed by atoms with Crippen LogP contribution in [0.1, 0.15) is 27.0 Å². The second-order valence-corrected chi connectivity index (χ2v) is 8.72. The molecule has 0 atom stereocenters. The highest BCUT2D eigenvalue weighted by Crippen LogP contribution is 2.59. The van der Waals surface area contributed by atoms with E-state index in [0.29, 0.717) is 43.8 Å². The molecule has 0 unspecified atom stereocenters. The average molecular weight is 464 g/mol. The van der Waals surface area contributed by atoms with E-state index in [-0.39, 0.29) is 34.5 Å². The Kier molecular flexibility index (Phi) is 3.55. The molecule has 0 radical (unpaired) electrons. The third kappa shape index (κ3) is 2.36. The number of hydrogen-bond donors (Lipinski definition) is 4. The van der Waals surface area contributed by atoms with Gasteiger partial charge in [-0.1, -0.05) is 18.2 Å². The van der Waals surface area contributed by atoms with Crippen molar-refractivity contribution in [3.8, 4) is 34.5 Å². The minimum Gasteiger partial charge on any atom is -0.508 e. The van der Waals surface area contributed by atoms with Crippen LogP contribution in [0.15, 0.2) is 72.8 Å². The van der Waals surface area contributed by atoms with Crippen molar-refractivity contribution in [1.29, 1.82) is 0 Å². The molecule has 0 fully saturated rings. The Balaban J connectivity index is 1.69. The van der Waals surface area contributed by atoms with Gasteiger partial charge in [-0.15, -0.1) is 0 Å². The third-order valence-electron chi connectivity index (χ3n) is 6.83. The molecule has 0 aliphatic carbocycles. The number of hydrogen-bond acceptors (Lipinski definition) is 7. The molecule has 1 spiro atoms. The SMILES string of the molecule is O=C1OC2(c3ccccc31)c1ccc3c(O)cc(O)cc3c1Oc1c2ccc2c(O)cc(O)cc12. The Morgan fingerprint density at radius 2 is 1.14 bits per heavy atom. The quantitative estimate of drug-likeness (QED) is 0.227. The lowest BCUT2D eigenvalue weighted by Gasteiger charge is -2.37. The van der Waals surface area contributed by atoms with E-state index >= 15 is 0 Å².